The van der Waals surface area contributed by atoms with Crippen LogP contribution in [0.4, 0.5) is 0 Å². The second-order valence-electron chi connectivity index (χ2n) is 3.21. The Bertz CT molecular complexity index is 314. The van der Waals surface area contributed by atoms with Gasteiger partial charge in [-0.3, -0.25) is 0 Å². The van der Waals surface area contributed by atoms with Gasteiger partial charge in [0.1, 0.15) is 11.9 Å². The molecule has 0 aliphatic rings. The van der Waals surface area contributed by atoms with E-state index in [2.05, 4.69) is 12.6 Å². The van der Waals surface area contributed by atoms with Crippen LogP contribution in [0.1, 0.15) is 17.2 Å². The lowest BCUT2D eigenvalue weighted by atomic mass is 10.0. The number of phenols is 1. The van der Waals surface area contributed by atoms with E-state index in [9.17, 15) is 15.3 Å². The van der Waals surface area contributed by atoms with Crippen LogP contribution in [0.25, 0.3) is 0 Å². The maximum Gasteiger partial charge on any atom is 0.124 e. The summed E-state index contributed by atoms with van der Waals surface area (Å²) in [4.78, 5) is 0. The largest absolute Gasteiger partial charge is 0.507 e. The van der Waals surface area contributed by atoms with Gasteiger partial charge in [-0.25, -0.2) is 0 Å². The number of aliphatic hydroxyl groups excluding tert-OH is 2. The normalized spacial score (nSPS) is 15.1. The summed E-state index contributed by atoms with van der Waals surface area (Å²) in [6, 6.07) is 5.04. The predicted octanol–water partition coefficient (Wildman–Crippen LogP) is 1.02. The minimum absolute atomic E-state index is 0.0285. The van der Waals surface area contributed by atoms with Crippen molar-refractivity contribution in [2.75, 3.05) is 5.75 Å². The van der Waals surface area contributed by atoms with Gasteiger partial charge in [0.2, 0.25) is 0 Å². The molecule has 78 valence electrons. The third-order valence-electron chi connectivity index (χ3n) is 2.14. The van der Waals surface area contributed by atoms with E-state index in [0.29, 0.717) is 11.1 Å². The molecule has 0 saturated carbocycles. The highest BCUT2D eigenvalue weighted by Crippen LogP contribution is 2.29. The Morgan fingerprint density at radius 3 is 2.57 bits per heavy atom. The molecule has 4 heteroatoms. The van der Waals surface area contributed by atoms with Crippen LogP contribution in [0.15, 0.2) is 18.2 Å². The highest BCUT2D eigenvalue weighted by Gasteiger charge is 2.20. The van der Waals surface area contributed by atoms with Crippen LogP contribution in [0, 0.1) is 6.92 Å². The van der Waals surface area contributed by atoms with E-state index < -0.39 is 12.2 Å². The zero-order chi connectivity index (χ0) is 10.7. The molecule has 3 nitrogen and oxygen atoms in total. The van der Waals surface area contributed by atoms with Crippen molar-refractivity contribution < 1.29 is 15.3 Å². The molecule has 0 fully saturated rings. The fourth-order valence-electron chi connectivity index (χ4n) is 1.23. The second kappa shape index (κ2) is 4.68. The number of aromatic hydroxyl groups is 1. The van der Waals surface area contributed by atoms with Gasteiger partial charge in [0.25, 0.3) is 0 Å². The molecule has 0 aromatic heterocycles. The molecule has 14 heavy (non-hydrogen) atoms. The summed E-state index contributed by atoms with van der Waals surface area (Å²) >= 11 is 3.87. The molecule has 0 radical (unpaired) electrons. The second-order valence-corrected chi connectivity index (χ2v) is 3.57. The molecule has 0 amide bonds. The zero-order valence-electron chi connectivity index (χ0n) is 7.88. The minimum Gasteiger partial charge on any atom is -0.507 e. The lowest BCUT2D eigenvalue weighted by Gasteiger charge is -2.17. The standard InChI is InChI=1S/C10H14O3S/c1-6-3-2-4-7(9(6)12)10(13)8(11)5-14/h2-4,8,10-14H,5H2,1H3. The van der Waals surface area contributed by atoms with Crippen LogP contribution in [-0.4, -0.2) is 27.2 Å². The Morgan fingerprint density at radius 2 is 2.00 bits per heavy atom. The maximum absolute atomic E-state index is 9.64. The van der Waals surface area contributed by atoms with E-state index in [4.69, 9.17) is 0 Å². The van der Waals surface area contributed by atoms with Crippen molar-refractivity contribution in [1.29, 1.82) is 0 Å². The highest BCUT2D eigenvalue weighted by molar-refractivity contribution is 7.80. The number of aliphatic hydroxyl groups is 2. The van der Waals surface area contributed by atoms with Gasteiger partial charge in [-0.05, 0) is 12.5 Å². The van der Waals surface area contributed by atoms with Crippen molar-refractivity contribution in [3.05, 3.63) is 29.3 Å². The van der Waals surface area contributed by atoms with Gasteiger partial charge >= 0.3 is 0 Å². The lowest BCUT2D eigenvalue weighted by molar-refractivity contribution is 0.0322. The number of phenolic OH excluding ortho intramolecular Hbond substituents is 1. The first-order valence-corrected chi connectivity index (χ1v) is 4.96. The van der Waals surface area contributed by atoms with Crippen molar-refractivity contribution in [2.24, 2.45) is 0 Å². The van der Waals surface area contributed by atoms with Crippen molar-refractivity contribution in [3.63, 3.8) is 0 Å². The Labute approximate surface area is 88.4 Å². The minimum atomic E-state index is -1.09. The molecule has 1 rings (SSSR count). The molecule has 2 unspecified atom stereocenters. The molecular formula is C10H14O3S. The maximum atomic E-state index is 9.64. The van der Waals surface area contributed by atoms with Crippen LogP contribution in [0.2, 0.25) is 0 Å². The van der Waals surface area contributed by atoms with Crippen LogP contribution in [0.3, 0.4) is 0 Å². The van der Waals surface area contributed by atoms with E-state index >= 15 is 0 Å². The SMILES string of the molecule is Cc1cccc(C(O)C(O)CS)c1O. The van der Waals surface area contributed by atoms with Gasteiger partial charge in [0, 0.05) is 11.3 Å². The van der Waals surface area contributed by atoms with Crippen molar-refractivity contribution in [2.45, 2.75) is 19.1 Å². The number of benzene rings is 1. The fourth-order valence-corrected chi connectivity index (χ4v) is 1.43. The van der Waals surface area contributed by atoms with E-state index in [1.54, 1.807) is 25.1 Å². The molecule has 0 saturated heterocycles. The lowest BCUT2D eigenvalue weighted by Crippen LogP contribution is -2.19. The van der Waals surface area contributed by atoms with Crippen LogP contribution < -0.4 is 0 Å². The molecule has 2 atom stereocenters. The van der Waals surface area contributed by atoms with E-state index in [-0.39, 0.29) is 11.5 Å². The van der Waals surface area contributed by atoms with Crippen LogP contribution >= 0.6 is 12.6 Å². The number of para-hydroxylation sites is 1. The molecule has 0 aliphatic carbocycles. The number of thiol groups is 1. The topological polar surface area (TPSA) is 60.7 Å². The van der Waals surface area contributed by atoms with Gasteiger partial charge in [0.15, 0.2) is 0 Å². The third-order valence-corrected chi connectivity index (χ3v) is 2.51. The molecule has 1 aromatic rings. The Balaban J connectivity index is 3.01. The van der Waals surface area contributed by atoms with Crippen molar-refractivity contribution in [1.82, 2.24) is 0 Å². The summed E-state index contributed by atoms with van der Waals surface area (Å²) in [5, 5.41) is 28.6. The monoisotopic (exact) mass is 214 g/mol. The molecule has 1 aromatic carbocycles. The van der Waals surface area contributed by atoms with Gasteiger partial charge in [0.05, 0.1) is 6.10 Å². The fraction of sp³-hybridized carbons (Fsp3) is 0.400. The molecule has 0 bridgehead atoms. The number of aryl methyl sites for hydroxylation is 1. The average Bonchev–Trinajstić information content (AvgIpc) is 2.20. The van der Waals surface area contributed by atoms with E-state index in [0.717, 1.165) is 0 Å². The number of rotatable bonds is 3. The van der Waals surface area contributed by atoms with Crippen molar-refractivity contribution >= 4 is 12.6 Å². The van der Waals surface area contributed by atoms with Gasteiger partial charge in [-0.2, -0.15) is 12.6 Å². The zero-order valence-corrected chi connectivity index (χ0v) is 8.78. The summed E-state index contributed by atoms with van der Waals surface area (Å²) in [5.41, 5.74) is 1.01. The van der Waals surface area contributed by atoms with E-state index in [1.165, 1.54) is 0 Å². The van der Waals surface area contributed by atoms with E-state index in [1.807, 2.05) is 0 Å². The van der Waals surface area contributed by atoms with Crippen molar-refractivity contribution in [3.8, 4) is 5.75 Å². The molecule has 0 spiro atoms. The number of hydrogen-bond donors (Lipinski definition) is 4. The molecule has 0 aliphatic heterocycles. The van der Waals surface area contributed by atoms with Crippen LogP contribution in [-0.2, 0) is 0 Å². The van der Waals surface area contributed by atoms with Gasteiger partial charge in [-0.15, -0.1) is 0 Å². The average molecular weight is 214 g/mol. The first kappa shape index (κ1) is 11.4. The Hall–Kier alpha value is -0.710. The smallest absolute Gasteiger partial charge is 0.124 e. The Morgan fingerprint density at radius 1 is 1.36 bits per heavy atom. The quantitative estimate of drug-likeness (QED) is 0.568. The first-order valence-electron chi connectivity index (χ1n) is 4.33. The van der Waals surface area contributed by atoms with Gasteiger partial charge in [-0.1, -0.05) is 18.2 Å². The number of hydrogen-bond acceptors (Lipinski definition) is 4. The molecule has 3 N–H and O–H groups in total. The predicted molar refractivity (Wildman–Crippen MR) is 57.7 cm³/mol. The first-order chi connectivity index (χ1) is 6.57. The summed E-state index contributed by atoms with van der Waals surface area (Å²) in [6.45, 7) is 1.73. The summed E-state index contributed by atoms with van der Waals surface area (Å²) in [7, 11) is 0. The molecule has 0 heterocycles. The summed E-state index contributed by atoms with van der Waals surface area (Å²) < 4.78 is 0. The highest BCUT2D eigenvalue weighted by atomic mass is 32.1. The molecular weight excluding hydrogens is 200 g/mol. The third kappa shape index (κ3) is 2.20. The van der Waals surface area contributed by atoms with Crippen LogP contribution in [0.5, 0.6) is 5.75 Å². The summed E-state index contributed by atoms with van der Waals surface area (Å²) in [6.07, 6.45) is -2.06. The van der Waals surface area contributed by atoms with Gasteiger partial charge < -0.3 is 15.3 Å². The Kier molecular flexibility index (Phi) is 3.80. The summed E-state index contributed by atoms with van der Waals surface area (Å²) in [5.74, 6) is 0.176.